The van der Waals surface area contributed by atoms with Crippen LogP contribution in [0.2, 0.25) is 0 Å². The van der Waals surface area contributed by atoms with E-state index >= 15 is 0 Å². The van der Waals surface area contributed by atoms with Crippen LogP contribution in [-0.4, -0.2) is 29.1 Å². The van der Waals surface area contributed by atoms with Crippen LogP contribution < -0.4 is 14.4 Å². The molecule has 2 aromatic carbocycles. The summed E-state index contributed by atoms with van der Waals surface area (Å²) in [7, 11) is 0. The molecule has 0 radical (unpaired) electrons. The Kier molecular flexibility index (Phi) is 4.76. The monoisotopic (exact) mass is 421 g/mol. The van der Waals surface area contributed by atoms with E-state index in [4.69, 9.17) is 9.47 Å². The third-order valence-electron chi connectivity index (χ3n) is 4.67. The van der Waals surface area contributed by atoms with Gasteiger partial charge >= 0.3 is 0 Å². The van der Waals surface area contributed by atoms with Crippen LogP contribution in [0, 0.1) is 5.82 Å². The van der Waals surface area contributed by atoms with Crippen molar-refractivity contribution in [3.63, 3.8) is 0 Å². The number of rotatable bonds is 4. The smallest absolute Gasteiger partial charge is 0.260 e. The Morgan fingerprint density at radius 1 is 1.07 bits per heavy atom. The van der Waals surface area contributed by atoms with E-state index in [2.05, 4.69) is 9.97 Å². The number of amides is 1. The van der Waals surface area contributed by atoms with Crippen LogP contribution in [0.15, 0.2) is 60.8 Å². The highest BCUT2D eigenvalue weighted by molar-refractivity contribution is 7.22. The van der Waals surface area contributed by atoms with Crippen molar-refractivity contribution in [2.75, 3.05) is 18.1 Å². The summed E-state index contributed by atoms with van der Waals surface area (Å²) in [6.07, 6.45) is 1.67. The highest BCUT2D eigenvalue weighted by Gasteiger charge is 2.24. The first-order chi connectivity index (χ1) is 14.7. The Morgan fingerprint density at radius 3 is 2.73 bits per heavy atom. The normalized spacial score (nSPS) is 12.7. The molecule has 1 amide bonds. The van der Waals surface area contributed by atoms with Crippen LogP contribution in [0.3, 0.4) is 0 Å². The summed E-state index contributed by atoms with van der Waals surface area (Å²) in [5.74, 6) is 0.438. The first-order valence-corrected chi connectivity index (χ1v) is 10.2. The second-order valence-corrected chi connectivity index (χ2v) is 7.66. The predicted molar refractivity (Wildman–Crippen MR) is 112 cm³/mol. The summed E-state index contributed by atoms with van der Waals surface area (Å²) >= 11 is 1.26. The number of carbonyl (C=O) groups excluding carboxylic acids is 1. The van der Waals surface area contributed by atoms with Gasteiger partial charge in [-0.1, -0.05) is 23.5 Å². The Labute approximate surface area is 175 Å². The topological polar surface area (TPSA) is 64.6 Å². The molecule has 2 aromatic heterocycles. The van der Waals surface area contributed by atoms with Crippen LogP contribution in [0.1, 0.15) is 16.1 Å². The third kappa shape index (κ3) is 3.46. The standard InChI is InChI=1S/C22H16FN3O3S/c23-16-5-3-6-19-20(16)25-22(30-19)26(13-15-4-1-2-9-24-15)21(27)14-7-8-17-18(12-14)29-11-10-28-17/h1-9,12H,10-11,13H2. The molecule has 8 heteroatoms. The molecule has 0 N–H and O–H groups in total. The number of hydrogen-bond acceptors (Lipinski definition) is 6. The molecule has 4 aromatic rings. The lowest BCUT2D eigenvalue weighted by molar-refractivity contribution is 0.0983. The van der Waals surface area contributed by atoms with E-state index in [1.165, 1.54) is 22.3 Å². The van der Waals surface area contributed by atoms with Gasteiger partial charge in [0.1, 0.15) is 24.5 Å². The zero-order valence-corrected chi connectivity index (χ0v) is 16.6. The van der Waals surface area contributed by atoms with E-state index in [9.17, 15) is 9.18 Å². The molecule has 3 heterocycles. The van der Waals surface area contributed by atoms with Gasteiger partial charge in [0.05, 0.1) is 16.9 Å². The summed E-state index contributed by atoms with van der Waals surface area (Å²) in [4.78, 5) is 23.7. The van der Waals surface area contributed by atoms with Gasteiger partial charge < -0.3 is 9.47 Å². The molecule has 30 heavy (non-hydrogen) atoms. The lowest BCUT2D eigenvalue weighted by Gasteiger charge is -2.22. The zero-order valence-electron chi connectivity index (χ0n) is 15.7. The molecule has 150 valence electrons. The number of ether oxygens (including phenoxy) is 2. The van der Waals surface area contributed by atoms with E-state index in [-0.39, 0.29) is 18.0 Å². The Morgan fingerprint density at radius 2 is 1.93 bits per heavy atom. The average molecular weight is 421 g/mol. The number of nitrogens with zero attached hydrogens (tertiary/aromatic N) is 3. The summed E-state index contributed by atoms with van der Waals surface area (Å²) < 4.78 is 26.0. The van der Waals surface area contributed by atoms with E-state index in [0.29, 0.717) is 45.8 Å². The lowest BCUT2D eigenvalue weighted by Crippen LogP contribution is -2.31. The fourth-order valence-electron chi connectivity index (χ4n) is 3.23. The maximum absolute atomic E-state index is 14.2. The van der Waals surface area contributed by atoms with Gasteiger partial charge in [-0.2, -0.15) is 0 Å². The highest BCUT2D eigenvalue weighted by atomic mass is 32.1. The van der Waals surface area contributed by atoms with E-state index < -0.39 is 5.82 Å². The van der Waals surface area contributed by atoms with E-state index in [1.54, 1.807) is 36.5 Å². The fraction of sp³-hybridized carbons (Fsp3) is 0.136. The number of fused-ring (bicyclic) bond motifs is 2. The quantitative estimate of drug-likeness (QED) is 0.487. The van der Waals surface area contributed by atoms with E-state index in [0.717, 1.165) is 0 Å². The lowest BCUT2D eigenvalue weighted by atomic mass is 10.1. The highest BCUT2D eigenvalue weighted by Crippen LogP contribution is 2.34. The van der Waals surface area contributed by atoms with Gasteiger partial charge in [0.2, 0.25) is 0 Å². The minimum Gasteiger partial charge on any atom is -0.486 e. The summed E-state index contributed by atoms with van der Waals surface area (Å²) in [5.41, 5.74) is 1.37. The van der Waals surface area contributed by atoms with Crippen LogP contribution in [0.5, 0.6) is 11.5 Å². The van der Waals surface area contributed by atoms with Gasteiger partial charge in [-0.25, -0.2) is 9.37 Å². The maximum atomic E-state index is 14.2. The largest absolute Gasteiger partial charge is 0.486 e. The number of aromatic nitrogens is 2. The molecular weight excluding hydrogens is 405 g/mol. The molecule has 0 aliphatic carbocycles. The van der Waals surface area contributed by atoms with Crippen molar-refractivity contribution in [2.45, 2.75) is 6.54 Å². The molecule has 6 nitrogen and oxygen atoms in total. The van der Waals surface area contributed by atoms with Crippen molar-refractivity contribution >= 4 is 32.6 Å². The van der Waals surface area contributed by atoms with Crippen molar-refractivity contribution in [3.8, 4) is 11.5 Å². The molecule has 0 unspecified atom stereocenters. The maximum Gasteiger partial charge on any atom is 0.260 e. The van der Waals surface area contributed by atoms with Gasteiger partial charge in [0.15, 0.2) is 16.6 Å². The molecule has 0 saturated heterocycles. The van der Waals surface area contributed by atoms with Crippen LogP contribution in [0.25, 0.3) is 10.2 Å². The number of halogens is 1. The SMILES string of the molecule is O=C(c1ccc2c(c1)OCCO2)N(Cc1ccccn1)c1nc2c(F)cccc2s1. The number of pyridine rings is 1. The average Bonchev–Trinajstić information content (AvgIpc) is 3.23. The van der Waals surface area contributed by atoms with Gasteiger partial charge in [-0.15, -0.1) is 0 Å². The van der Waals surface area contributed by atoms with Crippen molar-refractivity contribution in [1.29, 1.82) is 0 Å². The van der Waals surface area contributed by atoms with Crippen molar-refractivity contribution in [3.05, 3.63) is 77.9 Å². The van der Waals surface area contributed by atoms with E-state index in [1.807, 2.05) is 18.2 Å². The van der Waals surface area contributed by atoms with Crippen molar-refractivity contribution in [1.82, 2.24) is 9.97 Å². The second kappa shape index (κ2) is 7.72. The first kappa shape index (κ1) is 18.5. The van der Waals surface area contributed by atoms with Crippen LogP contribution in [0.4, 0.5) is 9.52 Å². The summed E-state index contributed by atoms with van der Waals surface area (Å²) in [5, 5.41) is 0.403. The summed E-state index contributed by atoms with van der Waals surface area (Å²) in [6.45, 7) is 1.11. The molecule has 5 rings (SSSR count). The van der Waals surface area contributed by atoms with Gasteiger partial charge in [0.25, 0.3) is 5.91 Å². The molecule has 0 saturated carbocycles. The Hall–Kier alpha value is -3.52. The zero-order chi connectivity index (χ0) is 20.5. The Balaban J connectivity index is 1.56. The molecule has 0 bridgehead atoms. The van der Waals surface area contributed by atoms with Gasteiger partial charge in [-0.3, -0.25) is 14.7 Å². The molecule has 0 spiro atoms. The van der Waals surface area contributed by atoms with Gasteiger partial charge in [-0.05, 0) is 42.5 Å². The molecule has 0 fully saturated rings. The third-order valence-corrected chi connectivity index (χ3v) is 5.71. The Bertz CT molecular complexity index is 1230. The number of benzene rings is 2. The number of carbonyl (C=O) groups is 1. The molecule has 1 aliphatic heterocycles. The molecule has 1 aliphatic rings. The summed E-state index contributed by atoms with van der Waals surface area (Å²) in [6, 6.07) is 15.3. The minimum atomic E-state index is -0.417. The van der Waals surface area contributed by atoms with Crippen LogP contribution >= 0.6 is 11.3 Å². The van der Waals surface area contributed by atoms with Crippen LogP contribution in [-0.2, 0) is 6.54 Å². The number of para-hydroxylation sites is 1. The second-order valence-electron chi connectivity index (χ2n) is 6.65. The fourth-order valence-corrected chi connectivity index (χ4v) is 4.21. The number of anilines is 1. The molecule has 0 atom stereocenters. The van der Waals surface area contributed by atoms with Gasteiger partial charge in [0, 0.05) is 11.8 Å². The number of thiazole rings is 1. The predicted octanol–water partition coefficient (Wildman–Crippen LogP) is 4.45. The molecular formula is C22H16FN3O3S. The number of hydrogen-bond donors (Lipinski definition) is 0. The first-order valence-electron chi connectivity index (χ1n) is 9.35. The van der Waals surface area contributed by atoms with Crippen molar-refractivity contribution in [2.24, 2.45) is 0 Å². The van der Waals surface area contributed by atoms with Crippen molar-refractivity contribution < 1.29 is 18.7 Å². The minimum absolute atomic E-state index is 0.204.